The molecular formula is C20H25N5O3. The highest BCUT2D eigenvalue weighted by molar-refractivity contribution is 5.84. The Morgan fingerprint density at radius 2 is 2.07 bits per heavy atom. The summed E-state index contributed by atoms with van der Waals surface area (Å²) in [6.45, 7) is 5.78. The lowest BCUT2D eigenvalue weighted by Crippen LogP contribution is -2.45. The molecule has 0 spiro atoms. The molecule has 0 radical (unpaired) electrons. The second-order valence-electron chi connectivity index (χ2n) is 7.39. The molecule has 8 nitrogen and oxygen atoms in total. The van der Waals surface area contributed by atoms with Gasteiger partial charge < -0.3 is 15.0 Å². The predicted molar refractivity (Wildman–Crippen MR) is 109 cm³/mol. The zero-order chi connectivity index (χ0) is 19.8. The number of nitrogens with zero attached hydrogens (tertiary/aromatic N) is 2. The molecule has 1 aliphatic heterocycles. The Morgan fingerprint density at radius 1 is 1.25 bits per heavy atom. The first kappa shape index (κ1) is 18.4. The quantitative estimate of drug-likeness (QED) is 0.625. The van der Waals surface area contributed by atoms with Crippen LogP contribution in [-0.2, 0) is 19.5 Å². The van der Waals surface area contributed by atoms with Gasteiger partial charge >= 0.3 is 5.69 Å². The smallest absolute Gasteiger partial charge is 0.329 e. The van der Waals surface area contributed by atoms with Crippen LogP contribution in [0.4, 0.5) is 5.82 Å². The lowest BCUT2D eigenvalue weighted by atomic mass is 10.1. The molecule has 1 aromatic carbocycles. The molecule has 148 valence electrons. The van der Waals surface area contributed by atoms with E-state index in [-0.39, 0.29) is 11.2 Å². The van der Waals surface area contributed by atoms with E-state index in [1.807, 2.05) is 24.4 Å². The number of methoxy groups -OCH3 is 1. The van der Waals surface area contributed by atoms with Gasteiger partial charge in [-0.1, -0.05) is 0 Å². The SMILES string of the molecule is COc1ccc2[nH]cc(CCn3c4c(c(=O)[nH]c3=O)CN(C(C)C)CN4)c2c1. The van der Waals surface area contributed by atoms with Crippen molar-refractivity contribution in [1.29, 1.82) is 0 Å². The third-order valence-electron chi connectivity index (χ3n) is 5.42. The lowest BCUT2D eigenvalue weighted by Gasteiger charge is -2.33. The van der Waals surface area contributed by atoms with Gasteiger partial charge in [-0.05, 0) is 44.0 Å². The van der Waals surface area contributed by atoms with E-state index in [4.69, 9.17) is 4.74 Å². The molecule has 8 heteroatoms. The molecule has 1 aliphatic rings. The highest BCUT2D eigenvalue weighted by Gasteiger charge is 2.24. The van der Waals surface area contributed by atoms with Crippen molar-refractivity contribution in [2.24, 2.45) is 0 Å². The van der Waals surface area contributed by atoms with Gasteiger partial charge in [0.05, 0.1) is 19.3 Å². The molecule has 3 aromatic rings. The minimum atomic E-state index is -0.383. The highest BCUT2D eigenvalue weighted by Crippen LogP contribution is 2.25. The number of fused-ring (bicyclic) bond motifs is 2. The molecule has 0 saturated heterocycles. The van der Waals surface area contributed by atoms with E-state index in [1.165, 1.54) is 0 Å². The van der Waals surface area contributed by atoms with Gasteiger partial charge in [-0.15, -0.1) is 0 Å². The standard InChI is InChI=1S/C20H25N5O3/c1-12(2)24-10-16-18(22-11-24)25(20(27)23-19(16)26)7-6-13-9-21-17-5-4-14(28-3)8-15(13)17/h4-5,8-9,12,21-22H,6-7,10-11H2,1-3H3,(H,23,26,27). The summed E-state index contributed by atoms with van der Waals surface area (Å²) >= 11 is 0. The van der Waals surface area contributed by atoms with Crippen molar-refractivity contribution in [3.63, 3.8) is 0 Å². The Labute approximate surface area is 162 Å². The molecule has 3 N–H and O–H groups in total. The van der Waals surface area contributed by atoms with Crippen molar-refractivity contribution in [3.05, 3.63) is 56.4 Å². The number of aryl methyl sites for hydroxylation is 1. The van der Waals surface area contributed by atoms with Crippen LogP contribution in [0.3, 0.4) is 0 Å². The maximum atomic E-state index is 12.5. The highest BCUT2D eigenvalue weighted by atomic mass is 16.5. The van der Waals surface area contributed by atoms with Gasteiger partial charge in [0.15, 0.2) is 0 Å². The average molecular weight is 383 g/mol. The molecule has 0 fully saturated rings. The molecule has 4 rings (SSSR count). The topological polar surface area (TPSA) is 95.1 Å². The Bertz CT molecular complexity index is 1130. The van der Waals surface area contributed by atoms with Crippen LogP contribution < -0.4 is 21.3 Å². The molecule has 3 heterocycles. The number of aromatic amines is 2. The number of anilines is 1. The number of H-pyrrole nitrogens is 2. The summed E-state index contributed by atoms with van der Waals surface area (Å²) in [5.74, 6) is 1.42. The van der Waals surface area contributed by atoms with Crippen LogP contribution in [0.5, 0.6) is 5.75 Å². The maximum absolute atomic E-state index is 12.5. The van der Waals surface area contributed by atoms with E-state index >= 15 is 0 Å². The Hall–Kier alpha value is -3.00. The summed E-state index contributed by atoms with van der Waals surface area (Å²) in [6, 6.07) is 6.19. The molecule has 0 amide bonds. The Kier molecular flexibility index (Phi) is 4.72. The molecule has 0 bridgehead atoms. The summed E-state index contributed by atoms with van der Waals surface area (Å²) in [5.41, 5.74) is 2.04. The fourth-order valence-electron chi connectivity index (χ4n) is 3.70. The summed E-state index contributed by atoms with van der Waals surface area (Å²) in [5, 5.41) is 4.34. The predicted octanol–water partition coefficient (Wildman–Crippen LogP) is 1.86. The minimum Gasteiger partial charge on any atom is -0.497 e. The third kappa shape index (κ3) is 3.20. The van der Waals surface area contributed by atoms with Crippen molar-refractivity contribution >= 4 is 16.7 Å². The maximum Gasteiger partial charge on any atom is 0.329 e. The van der Waals surface area contributed by atoms with Crippen molar-refractivity contribution in [2.45, 2.75) is 39.4 Å². The van der Waals surface area contributed by atoms with Gasteiger partial charge in [-0.3, -0.25) is 19.2 Å². The van der Waals surface area contributed by atoms with Crippen LogP contribution in [-0.4, -0.2) is 39.3 Å². The zero-order valence-electron chi connectivity index (χ0n) is 16.3. The van der Waals surface area contributed by atoms with Crippen LogP contribution in [0.1, 0.15) is 25.0 Å². The zero-order valence-corrected chi connectivity index (χ0v) is 16.3. The van der Waals surface area contributed by atoms with E-state index in [9.17, 15) is 9.59 Å². The molecule has 28 heavy (non-hydrogen) atoms. The van der Waals surface area contributed by atoms with E-state index in [0.29, 0.717) is 43.6 Å². The van der Waals surface area contributed by atoms with Crippen molar-refractivity contribution in [3.8, 4) is 5.75 Å². The van der Waals surface area contributed by atoms with Gasteiger partial charge in [0.25, 0.3) is 5.56 Å². The van der Waals surface area contributed by atoms with Crippen LogP contribution in [0.25, 0.3) is 10.9 Å². The normalized spacial score (nSPS) is 14.3. The first-order chi connectivity index (χ1) is 13.5. The van der Waals surface area contributed by atoms with Crippen molar-refractivity contribution < 1.29 is 4.74 Å². The molecule has 0 atom stereocenters. The van der Waals surface area contributed by atoms with Gasteiger partial charge in [-0.25, -0.2) is 4.79 Å². The average Bonchev–Trinajstić information content (AvgIpc) is 3.09. The molecule has 0 saturated carbocycles. The van der Waals surface area contributed by atoms with Crippen molar-refractivity contribution in [2.75, 3.05) is 19.1 Å². The molecule has 0 unspecified atom stereocenters. The minimum absolute atomic E-state index is 0.307. The molecule has 0 aliphatic carbocycles. The van der Waals surface area contributed by atoms with E-state index < -0.39 is 0 Å². The first-order valence-corrected chi connectivity index (χ1v) is 9.46. The summed E-state index contributed by atoms with van der Waals surface area (Å²) in [7, 11) is 1.64. The fourth-order valence-corrected chi connectivity index (χ4v) is 3.70. The summed E-state index contributed by atoms with van der Waals surface area (Å²) in [6.07, 6.45) is 2.61. The number of rotatable bonds is 5. The second kappa shape index (κ2) is 7.20. The van der Waals surface area contributed by atoms with Gasteiger partial charge in [-0.2, -0.15) is 0 Å². The van der Waals surface area contributed by atoms with Crippen LogP contribution in [0.15, 0.2) is 34.0 Å². The van der Waals surface area contributed by atoms with Gasteiger partial charge in [0.1, 0.15) is 11.6 Å². The first-order valence-electron chi connectivity index (χ1n) is 9.46. The lowest BCUT2D eigenvalue weighted by molar-refractivity contribution is 0.218. The van der Waals surface area contributed by atoms with E-state index in [1.54, 1.807) is 11.7 Å². The number of aromatic nitrogens is 3. The van der Waals surface area contributed by atoms with Crippen LogP contribution in [0.2, 0.25) is 0 Å². The number of hydrogen-bond acceptors (Lipinski definition) is 5. The van der Waals surface area contributed by atoms with Crippen LogP contribution >= 0.6 is 0 Å². The van der Waals surface area contributed by atoms with E-state index in [0.717, 1.165) is 22.2 Å². The number of hydrogen-bond donors (Lipinski definition) is 3. The monoisotopic (exact) mass is 383 g/mol. The number of benzene rings is 1. The van der Waals surface area contributed by atoms with E-state index in [2.05, 4.69) is 34.0 Å². The third-order valence-corrected chi connectivity index (χ3v) is 5.42. The summed E-state index contributed by atoms with van der Waals surface area (Å²) in [4.78, 5) is 32.7. The van der Waals surface area contributed by atoms with Gasteiger partial charge in [0.2, 0.25) is 0 Å². The number of ether oxygens (including phenoxy) is 1. The molecule has 2 aromatic heterocycles. The van der Waals surface area contributed by atoms with Crippen LogP contribution in [0, 0.1) is 0 Å². The van der Waals surface area contributed by atoms with Crippen molar-refractivity contribution in [1.82, 2.24) is 19.4 Å². The second-order valence-corrected chi connectivity index (χ2v) is 7.39. The van der Waals surface area contributed by atoms with Gasteiger partial charge in [0, 0.05) is 36.2 Å². The Morgan fingerprint density at radius 3 is 2.82 bits per heavy atom. The number of nitrogens with one attached hydrogen (secondary N) is 3. The largest absolute Gasteiger partial charge is 0.497 e. The fraction of sp³-hybridized carbons (Fsp3) is 0.400. The molecular weight excluding hydrogens is 358 g/mol. The Balaban J connectivity index is 1.65. The summed E-state index contributed by atoms with van der Waals surface area (Å²) < 4.78 is 6.95.